The Kier molecular flexibility index (Phi) is 4.28. The van der Waals surface area contributed by atoms with Gasteiger partial charge in [-0.3, -0.25) is 0 Å². The molecule has 0 bridgehead atoms. The lowest BCUT2D eigenvalue weighted by Gasteiger charge is -2.13. The molecule has 3 rings (SSSR count). The molecule has 0 radical (unpaired) electrons. The van der Waals surface area contributed by atoms with Gasteiger partial charge in [0.05, 0.1) is 12.4 Å². The Bertz CT molecular complexity index is 805. The van der Waals surface area contributed by atoms with Gasteiger partial charge in [0.25, 0.3) is 0 Å². The fourth-order valence-corrected chi connectivity index (χ4v) is 2.37. The number of hydrogen-bond acceptors (Lipinski definition) is 4. The van der Waals surface area contributed by atoms with Crippen LogP contribution in [0.25, 0.3) is 0 Å². The van der Waals surface area contributed by atoms with Gasteiger partial charge in [0.15, 0.2) is 5.82 Å². The summed E-state index contributed by atoms with van der Waals surface area (Å²) in [4.78, 5) is 12.1. The van der Waals surface area contributed by atoms with Crippen LogP contribution in [0.2, 0.25) is 0 Å². The average molecular weight is 309 g/mol. The first kappa shape index (κ1) is 15.1. The summed E-state index contributed by atoms with van der Waals surface area (Å²) in [7, 11) is 0. The van der Waals surface area contributed by atoms with Crippen LogP contribution in [0.3, 0.4) is 0 Å². The third kappa shape index (κ3) is 3.69. The summed E-state index contributed by atoms with van der Waals surface area (Å²) in [6.45, 7) is 3.92. The molecule has 0 amide bonds. The maximum atomic E-state index is 12.9. The van der Waals surface area contributed by atoms with Crippen molar-refractivity contribution in [1.82, 2.24) is 15.0 Å². The first-order valence-electron chi connectivity index (χ1n) is 7.28. The molecule has 3 aromatic rings. The Balaban J connectivity index is 1.96. The molecule has 116 valence electrons. The van der Waals surface area contributed by atoms with Gasteiger partial charge < -0.3 is 4.74 Å². The van der Waals surface area contributed by atoms with E-state index in [1.54, 1.807) is 0 Å². The van der Waals surface area contributed by atoms with Crippen molar-refractivity contribution in [3.63, 3.8) is 0 Å². The van der Waals surface area contributed by atoms with Crippen molar-refractivity contribution >= 4 is 0 Å². The van der Waals surface area contributed by atoms with Crippen molar-refractivity contribution in [2.45, 2.75) is 20.3 Å². The molecule has 2 heterocycles. The summed E-state index contributed by atoms with van der Waals surface area (Å²) in [5.41, 5.74) is 4.05. The lowest BCUT2D eigenvalue weighted by molar-refractivity contribution is 0.414. The highest BCUT2D eigenvalue weighted by molar-refractivity contribution is 5.40. The van der Waals surface area contributed by atoms with Crippen molar-refractivity contribution in [3.8, 4) is 11.9 Å². The van der Waals surface area contributed by atoms with Gasteiger partial charge in [0.2, 0.25) is 5.88 Å². The van der Waals surface area contributed by atoms with Gasteiger partial charge in [-0.25, -0.2) is 19.3 Å². The fourth-order valence-electron chi connectivity index (χ4n) is 2.37. The van der Waals surface area contributed by atoms with Crippen LogP contribution in [0.15, 0.2) is 48.8 Å². The van der Waals surface area contributed by atoms with E-state index < -0.39 is 5.82 Å². The molecule has 0 fully saturated rings. The molecule has 2 aromatic heterocycles. The van der Waals surface area contributed by atoms with Gasteiger partial charge in [-0.15, -0.1) is 0 Å². The molecule has 0 unspecified atom stereocenters. The highest BCUT2D eigenvalue weighted by atomic mass is 19.1. The molecule has 0 saturated heterocycles. The first-order chi connectivity index (χ1) is 11.1. The summed E-state index contributed by atoms with van der Waals surface area (Å²) in [5, 5.41) is 0. The summed E-state index contributed by atoms with van der Waals surface area (Å²) >= 11 is 0. The van der Waals surface area contributed by atoms with E-state index in [1.165, 1.54) is 0 Å². The molecule has 4 nitrogen and oxygen atoms in total. The highest BCUT2D eigenvalue weighted by Crippen LogP contribution is 2.27. The monoisotopic (exact) mass is 309 g/mol. The molecular formula is C18H16FN3O. The Hall–Kier alpha value is -2.82. The molecule has 0 atom stereocenters. The van der Waals surface area contributed by atoms with E-state index in [-0.39, 0.29) is 6.01 Å². The highest BCUT2D eigenvalue weighted by Gasteiger charge is 2.13. The number of rotatable bonds is 4. The molecule has 5 heteroatoms. The molecule has 0 aliphatic rings. The Morgan fingerprint density at radius 1 is 1.04 bits per heavy atom. The lowest BCUT2D eigenvalue weighted by atomic mass is 10.0. The maximum absolute atomic E-state index is 12.9. The molecule has 0 aliphatic carbocycles. The zero-order chi connectivity index (χ0) is 16.2. The predicted molar refractivity (Wildman–Crippen MR) is 85.0 cm³/mol. The van der Waals surface area contributed by atoms with Gasteiger partial charge in [-0.2, -0.15) is 0 Å². The third-order valence-electron chi connectivity index (χ3n) is 3.45. The lowest BCUT2D eigenvalue weighted by Crippen LogP contribution is -2.02. The number of ether oxygens (including phenoxy) is 1. The second kappa shape index (κ2) is 6.52. The predicted octanol–water partition coefficient (Wildman–Crippen LogP) is 4.01. The van der Waals surface area contributed by atoms with Gasteiger partial charge in [-0.1, -0.05) is 30.3 Å². The van der Waals surface area contributed by atoms with Crippen LogP contribution in [0.1, 0.15) is 22.4 Å². The summed E-state index contributed by atoms with van der Waals surface area (Å²) < 4.78 is 18.6. The number of hydrogen-bond donors (Lipinski definition) is 0. The van der Waals surface area contributed by atoms with E-state index in [0.717, 1.165) is 34.8 Å². The Morgan fingerprint density at radius 2 is 1.74 bits per heavy atom. The van der Waals surface area contributed by atoms with Crippen LogP contribution in [0.5, 0.6) is 11.9 Å². The normalized spacial score (nSPS) is 10.6. The zero-order valence-corrected chi connectivity index (χ0v) is 13.0. The van der Waals surface area contributed by atoms with Crippen molar-refractivity contribution in [2.24, 2.45) is 0 Å². The Labute approximate surface area is 134 Å². The molecule has 23 heavy (non-hydrogen) atoms. The number of aryl methyl sites for hydroxylation is 2. The van der Waals surface area contributed by atoms with Crippen LogP contribution in [-0.4, -0.2) is 15.0 Å². The second-order valence-electron chi connectivity index (χ2n) is 5.31. The van der Waals surface area contributed by atoms with Crippen LogP contribution in [-0.2, 0) is 6.42 Å². The molecule has 0 aliphatic heterocycles. The topological polar surface area (TPSA) is 47.9 Å². The van der Waals surface area contributed by atoms with Gasteiger partial charge in [0.1, 0.15) is 0 Å². The fraction of sp³-hybridized carbons (Fsp3) is 0.167. The van der Waals surface area contributed by atoms with E-state index in [0.29, 0.717) is 12.3 Å². The second-order valence-corrected chi connectivity index (χ2v) is 5.31. The van der Waals surface area contributed by atoms with E-state index in [2.05, 4.69) is 27.1 Å². The van der Waals surface area contributed by atoms with E-state index in [1.807, 2.05) is 38.1 Å². The van der Waals surface area contributed by atoms with Gasteiger partial charge >= 0.3 is 6.01 Å². The van der Waals surface area contributed by atoms with Crippen LogP contribution >= 0.6 is 0 Å². The summed E-state index contributed by atoms with van der Waals surface area (Å²) in [6, 6.07) is 12.2. The number of benzene rings is 1. The van der Waals surface area contributed by atoms with Crippen molar-refractivity contribution in [1.29, 1.82) is 0 Å². The Morgan fingerprint density at radius 3 is 2.43 bits per heavy atom. The zero-order valence-electron chi connectivity index (χ0n) is 13.0. The van der Waals surface area contributed by atoms with Crippen molar-refractivity contribution in [3.05, 3.63) is 77.0 Å². The van der Waals surface area contributed by atoms with E-state index in [4.69, 9.17) is 4.74 Å². The van der Waals surface area contributed by atoms with Crippen LogP contribution in [0, 0.1) is 19.7 Å². The number of nitrogens with zero attached hydrogens (tertiary/aromatic N) is 3. The van der Waals surface area contributed by atoms with E-state index >= 15 is 0 Å². The van der Waals surface area contributed by atoms with Crippen LogP contribution < -0.4 is 4.74 Å². The minimum Gasteiger partial charge on any atom is -0.405 e. The number of aromatic nitrogens is 3. The minimum absolute atomic E-state index is 0.0817. The number of pyridine rings is 1. The summed E-state index contributed by atoms with van der Waals surface area (Å²) in [5.74, 6) is -0.0480. The quantitative estimate of drug-likeness (QED) is 0.730. The smallest absolute Gasteiger partial charge is 0.323 e. The standard InChI is InChI=1S/C18H16FN3O/c1-12-8-13(2)22-17(23-18-20-10-15(19)11-21-18)16(12)9-14-6-4-3-5-7-14/h3-8,10-11H,9H2,1-2H3. The van der Waals surface area contributed by atoms with Gasteiger partial charge in [0, 0.05) is 17.7 Å². The SMILES string of the molecule is Cc1cc(C)c(Cc2ccccc2)c(Oc2ncc(F)cn2)n1. The largest absolute Gasteiger partial charge is 0.405 e. The average Bonchev–Trinajstić information content (AvgIpc) is 2.54. The first-order valence-corrected chi connectivity index (χ1v) is 7.28. The molecule has 0 N–H and O–H groups in total. The molecule has 0 spiro atoms. The molecule has 1 aromatic carbocycles. The van der Waals surface area contributed by atoms with Crippen LogP contribution in [0.4, 0.5) is 4.39 Å². The molecule has 0 saturated carbocycles. The summed E-state index contributed by atoms with van der Waals surface area (Å²) in [6.07, 6.45) is 2.83. The van der Waals surface area contributed by atoms with Crippen molar-refractivity contribution in [2.75, 3.05) is 0 Å². The van der Waals surface area contributed by atoms with Gasteiger partial charge in [-0.05, 0) is 31.0 Å². The number of halogens is 1. The third-order valence-corrected chi connectivity index (χ3v) is 3.45. The molecular weight excluding hydrogens is 293 g/mol. The maximum Gasteiger partial charge on any atom is 0.323 e. The van der Waals surface area contributed by atoms with E-state index in [9.17, 15) is 4.39 Å². The minimum atomic E-state index is -0.504. The van der Waals surface area contributed by atoms with Crippen molar-refractivity contribution < 1.29 is 9.13 Å².